The van der Waals surface area contributed by atoms with Crippen LogP contribution >= 0.6 is 0 Å². The van der Waals surface area contributed by atoms with Crippen LogP contribution < -0.4 is 0 Å². The first-order valence-electron chi connectivity index (χ1n) is 11.6. The van der Waals surface area contributed by atoms with Crippen molar-refractivity contribution in [3.8, 4) is 11.1 Å². The SMILES string of the molecule is OC(c1ccc(-c2cccc(CC3CCCN(Cc4ccncc4)C3)c2)cc1)(C(F)(F)F)C(F)(F)F. The average molecular weight is 509 g/mol. The number of hydrogen-bond acceptors (Lipinski definition) is 3. The monoisotopic (exact) mass is 508 g/mol. The third-order valence-corrected chi connectivity index (χ3v) is 6.67. The third-order valence-electron chi connectivity index (χ3n) is 6.67. The molecule has 9 heteroatoms. The number of likely N-dealkylation sites (tertiary alicyclic amines) is 1. The molecule has 1 aromatic heterocycles. The summed E-state index contributed by atoms with van der Waals surface area (Å²) in [7, 11) is 0. The van der Waals surface area contributed by atoms with Gasteiger partial charge < -0.3 is 5.11 Å². The zero-order valence-corrected chi connectivity index (χ0v) is 19.4. The first-order chi connectivity index (χ1) is 17.0. The smallest absolute Gasteiger partial charge is 0.369 e. The minimum atomic E-state index is -5.90. The fourth-order valence-electron chi connectivity index (χ4n) is 4.81. The molecule has 2 heterocycles. The second-order valence-corrected chi connectivity index (χ2v) is 9.29. The van der Waals surface area contributed by atoms with Crippen LogP contribution in [0.1, 0.15) is 29.5 Å². The summed E-state index contributed by atoms with van der Waals surface area (Å²) in [6.07, 6.45) is -5.27. The Morgan fingerprint density at radius 3 is 2.14 bits per heavy atom. The van der Waals surface area contributed by atoms with Crippen molar-refractivity contribution in [2.24, 2.45) is 5.92 Å². The summed E-state index contributed by atoms with van der Waals surface area (Å²) in [5.41, 5.74) is -2.78. The highest BCUT2D eigenvalue weighted by Crippen LogP contribution is 2.50. The van der Waals surface area contributed by atoms with Gasteiger partial charge in [-0.1, -0.05) is 48.5 Å². The Labute approximate surface area is 205 Å². The number of nitrogens with zero attached hydrogens (tertiary/aromatic N) is 2. The lowest BCUT2D eigenvalue weighted by Crippen LogP contribution is -2.53. The summed E-state index contributed by atoms with van der Waals surface area (Å²) in [6.45, 7) is 2.82. The quantitative estimate of drug-likeness (QED) is 0.386. The summed E-state index contributed by atoms with van der Waals surface area (Å²) < 4.78 is 79.0. The maximum Gasteiger partial charge on any atom is 0.430 e. The van der Waals surface area contributed by atoms with Gasteiger partial charge in [0.2, 0.25) is 0 Å². The maximum absolute atomic E-state index is 13.2. The number of benzene rings is 2. The van der Waals surface area contributed by atoms with Gasteiger partial charge in [0.15, 0.2) is 0 Å². The molecule has 4 rings (SSSR count). The first-order valence-corrected chi connectivity index (χ1v) is 11.6. The molecule has 2 aromatic carbocycles. The van der Waals surface area contributed by atoms with Gasteiger partial charge in [-0.25, -0.2) is 0 Å². The van der Waals surface area contributed by atoms with Crippen LogP contribution in [0.5, 0.6) is 0 Å². The molecule has 1 N–H and O–H groups in total. The third kappa shape index (κ3) is 5.57. The summed E-state index contributed by atoms with van der Waals surface area (Å²) in [6, 6.07) is 15.2. The van der Waals surface area contributed by atoms with E-state index < -0.39 is 23.5 Å². The van der Waals surface area contributed by atoms with E-state index in [1.54, 1.807) is 18.5 Å². The number of pyridine rings is 1. The van der Waals surface area contributed by atoms with Crippen LogP contribution in [-0.4, -0.2) is 40.4 Å². The number of aliphatic hydroxyl groups is 1. The topological polar surface area (TPSA) is 36.4 Å². The predicted molar refractivity (Wildman–Crippen MR) is 124 cm³/mol. The van der Waals surface area contributed by atoms with E-state index in [1.807, 2.05) is 30.3 Å². The van der Waals surface area contributed by atoms with Crippen LogP contribution in [0.3, 0.4) is 0 Å². The van der Waals surface area contributed by atoms with Gasteiger partial charge in [0.05, 0.1) is 0 Å². The number of halogens is 6. The molecule has 0 amide bonds. The van der Waals surface area contributed by atoms with Gasteiger partial charge in [0.1, 0.15) is 0 Å². The fraction of sp³-hybridized carbons (Fsp3) is 0.370. The molecule has 1 fully saturated rings. The normalized spacial score (nSPS) is 17.8. The van der Waals surface area contributed by atoms with Gasteiger partial charge in [-0.3, -0.25) is 9.88 Å². The number of aromatic nitrogens is 1. The molecule has 3 nitrogen and oxygen atoms in total. The van der Waals surface area contributed by atoms with E-state index in [0.29, 0.717) is 29.2 Å². The van der Waals surface area contributed by atoms with E-state index in [2.05, 4.69) is 9.88 Å². The van der Waals surface area contributed by atoms with Crippen molar-refractivity contribution in [2.75, 3.05) is 13.1 Å². The molecule has 1 aliphatic heterocycles. The number of rotatable bonds is 6. The second-order valence-electron chi connectivity index (χ2n) is 9.29. The molecule has 1 unspecified atom stereocenters. The lowest BCUT2D eigenvalue weighted by atomic mass is 9.89. The number of alkyl halides is 6. The Morgan fingerprint density at radius 1 is 0.833 bits per heavy atom. The van der Waals surface area contributed by atoms with Gasteiger partial charge in [0.25, 0.3) is 5.60 Å². The predicted octanol–water partition coefficient (Wildman–Crippen LogP) is 6.52. The van der Waals surface area contributed by atoms with Gasteiger partial charge in [-0.05, 0) is 66.1 Å². The Hall–Kier alpha value is -2.91. The van der Waals surface area contributed by atoms with E-state index in [-0.39, 0.29) is 0 Å². The van der Waals surface area contributed by atoms with Crippen molar-refractivity contribution in [1.82, 2.24) is 9.88 Å². The zero-order valence-electron chi connectivity index (χ0n) is 19.4. The molecule has 1 atom stereocenters. The molecule has 0 aliphatic carbocycles. The number of hydrogen-bond donors (Lipinski definition) is 1. The maximum atomic E-state index is 13.2. The second kappa shape index (κ2) is 10.2. The molecule has 3 aromatic rings. The Balaban J connectivity index is 1.47. The van der Waals surface area contributed by atoms with E-state index >= 15 is 0 Å². The van der Waals surface area contributed by atoms with Crippen molar-refractivity contribution in [3.05, 3.63) is 89.7 Å². The van der Waals surface area contributed by atoms with Gasteiger partial charge >= 0.3 is 12.4 Å². The lowest BCUT2D eigenvalue weighted by Gasteiger charge is -2.33. The molecular formula is C27H26F6N2O. The molecule has 0 bridgehead atoms. The fourth-order valence-corrected chi connectivity index (χ4v) is 4.81. The summed E-state index contributed by atoms with van der Waals surface area (Å²) in [4.78, 5) is 6.46. The van der Waals surface area contributed by atoms with E-state index in [9.17, 15) is 31.4 Å². The highest BCUT2D eigenvalue weighted by molar-refractivity contribution is 5.64. The summed E-state index contributed by atoms with van der Waals surface area (Å²) >= 11 is 0. The molecule has 36 heavy (non-hydrogen) atoms. The van der Waals surface area contributed by atoms with Crippen LogP contribution in [0.15, 0.2) is 73.1 Å². The molecule has 1 aliphatic rings. The highest BCUT2D eigenvalue weighted by atomic mass is 19.4. The standard InChI is InChI=1S/C27H26F6N2O/c28-26(29,30)25(36,27(31,32)33)24-8-6-22(7-9-24)23-5-1-3-20(16-23)15-21-4-2-14-35(18-21)17-19-10-12-34-13-11-19/h1,3,5-13,16,21,36H,2,4,14-15,17-18H2. The Morgan fingerprint density at radius 2 is 1.50 bits per heavy atom. The first kappa shape index (κ1) is 26.2. The number of piperidine rings is 1. The lowest BCUT2D eigenvalue weighted by molar-refractivity contribution is -0.376. The van der Waals surface area contributed by atoms with Crippen molar-refractivity contribution in [1.29, 1.82) is 0 Å². The Kier molecular flexibility index (Phi) is 7.43. The molecular weight excluding hydrogens is 482 g/mol. The molecule has 0 spiro atoms. The van der Waals surface area contributed by atoms with Crippen molar-refractivity contribution in [2.45, 2.75) is 43.8 Å². The van der Waals surface area contributed by atoms with Gasteiger partial charge in [0, 0.05) is 31.0 Å². The minimum Gasteiger partial charge on any atom is -0.369 e. The van der Waals surface area contributed by atoms with Crippen LogP contribution in [-0.2, 0) is 18.6 Å². The molecule has 0 radical (unpaired) electrons. The largest absolute Gasteiger partial charge is 0.430 e. The van der Waals surface area contributed by atoms with Crippen molar-refractivity contribution < 1.29 is 31.4 Å². The highest BCUT2D eigenvalue weighted by Gasteiger charge is 2.71. The molecule has 0 saturated carbocycles. The van der Waals surface area contributed by atoms with E-state index in [4.69, 9.17) is 0 Å². The van der Waals surface area contributed by atoms with Crippen LogP contribution in [0.25, 0.3) is 11.1 Å². The van der Waals surface area contributed by atoms with Gasteiger partial charge in [-0.2, -0.15) is 26.3 Å². The van der Waals surface area contributed by atoms with Crippen LogP contribution in [0.2, 0.25) is 0 Å². The average Bonchev–Trinajstić information content (AvgIpc) is 2.83. The zero-order chi connectivity index (χ0) is 26.0. The van der Waals surface area contributed by atoms with Gasteiger partial charge in [-0.15, -0.1) is 0 Å². The van der Waals surface area contributed by atoms with Crippen molar-refractivity contribution >= 4 is 0 Å². The van der Waals surface area contributed by atoms with Crippen LogP contribution in [0, 0.1) is 5.92 Å². The minimum absolute atomic E-state index is 0.437. The molecule has 192 valence electrons. The summed E-state index contributed by atoms with van der Waals surface area (Å²) in [5.74, 6) is 0.437. The Bertz CT molecular complexity index is 1130. The summed E-state index contributed by atoms with van der Waals surface area (Å²) in [5, 5.41) is 9.60. The molecule has 1 saturated heterocycles. The van der Waals surface area contributed by atoms with E-state index in [1.165, 1.54) is 17.7 Å². The van der Waals surface area contributed by atoms with Crippen molar-refractivity contribution in [3.63, 3.8) is 0 Å². The van der Waals surface area contributed by atoms with E-state index in [0.717, 1.165) is 44.5 Å². The van der Waals surface area contributed by atoms with Crippen LogP contribution in [0.4, 0.5) is 26.3 Å².